The summed E-state index contributed by atoms with van der Waals surface area (Å²) >= 11 is 0. The quantitative estimate of drug-likeness (QED) is 0.592. The number of rotatable bonds is 6. The molecule has 0 aromatic rings. The smallest absolute Gasteiger partial charge is 0.214 e. The maximum absolute atomic E-state index is 12.9. The SMILES string of the molecule is O=C(CCCS(=O)(=O)N1CCC2CCCCC2C1)C1CCC2CCCCC2CC1. The predicted octanol–water partition coefficient (Wildman–Crippen LogP) is 5.17. The Morgan fingerprint density at radius 2 is 1.28 bits per heavy atom. The number of nitrogens with zero attached hydrogens (tertiary/aromatic N) is 1. The summed E-state index contributed by atoms with van der Waals surface area (Å²) in [5.41, 5.74) is 0. The van der Waals surface area contributed by atoms with Gasteiger partial charge in [-0.15, -0.1) is 0 Å². The maximum Gasteiger partial charge on any atom is 0.214 e. The fourth-order valence-corrected chi connectivity index (χ4v) is 8.49. The summed E-state index contributed by atoms with van der Waals surface area (Å²) in [5, 5.41) is 0. The van der Waals surface area contributed by atoms with Gasteiger partial charge in [0.2, 0.25) is 10.0 Å². The molecule has 0 aromatic carbocycles. The van der Waals surface area contributed by atoms with Crippen molar-refractivity contribution in [1.82, 2.24) is 4.31 Å². The number of hydrogen-bond acceptors (Lipinski definition) is 3. The summed E-state index contributed by atoms with van der Waals surface area (Å²) in [5.74, 6) is 3.72. The molecular formula is C24H41NO3S. The molecule has 4 unspecified atom stereocenters. The third-order valence-corrected chi connectivity index (χ3v) is 10.7. The lowest BCUT2D eigenvalue weighted by Crippen LogP contribution is -2.45. The molecule has 29 heavy (non-hydrogen) atoms. The molecule has 0 aromatic heterocycles. The van der Waals surface area contributed by atoms with Crippen molar-refractivity contribution in [3.63, 3.8) is 0 Å². The molecule has 0 amide bonds. The highest BCUT2D eigenvalue weighted by Gasteiger charge is 2.36. The van der Waals surface area contributed by atoms with Crippen LogP contribution in [-0.2, 0) is 14.8 Å². The summed E-state index contributed by atoms with van der Waals surface area (Å²) in [6.07, 6.45) is 17.0. The minimum Gasteiger partial charge on any atom is -0.299 e. The van der Waals surface area contributed by atoms with Crippen molar-refractivity contribution < 1.29 is 13.2 Å². The van der Waals surface area contributed by atoms with Gasteiger partial charge in [-0.05, 0) is 68.6 Å². The minimum absolute atomic E-state index is 0.161. The van der Waals surface area contributed by atoms with E-state index < -0.39 is 10.0 Å². The Hall–Kier alpha value is -0.420. The second kappa shape index (κ2) is 9.80. The van der Waals surface area contributed by atoms with Crippen LogP contribution in [0.15, 0.2) is 0 Å². The average Bonchev–Trinajstić information content (AvgIpc) is 2.96. The fourth-order valence-electron chi connectivity index (χ4n) is 6.92. The van der Waals surface area contributed by atoms with Gasteiger partial charge in [-0.2, -0.15) is 0 Å². The van der Waals surface area contributed by atoms with Crippen LogP contribution in [0.25, 0.3) is 0 Å². The van der Waals surface area contributed by atoms with Crippen molar-refractivity contribution >= 4 is 15.8 Å². The van der Waals surface area contributed by atoms with Crippen LogP contribution in [0.1, 0.15) is 96.3 Å². The van der Waals surface area contributed by atoms with Gasteiger partial charge in [-0.1, -0.05) is 44.9 Å². The topological polar surface area (TPSA) is 54.5 Å². The zero-order valence-electron chi connectivity index (χ0n) is 18.2. The van der Waals surface area contributed by atoms with Crippen LogP contribution in [0.3, 0.4) is 0 Å². The molecule has 166 valence electrons. The van der Waals surface area contributed by atoms with Gasteiger partial charge in [0.05, 0.1) is 5.75 Å². The van der Waals surface area contributed by atoms with Crippen molar-refractivity contribution in [3.8, 4) is 0 Å². The number of carbonyl (C=O) groups excluding carboxylic acids is 1. The van der Waals surface area contributed by atoms with Crippen LogP contribution in [0.2, 0.25) is 0 Å². The highest BCUT2D eigenvalue weighted by atomic mass is 32.2. The minimum atomic E-state index is -3.20. The summed E-state index contributed by atoms with van der Waals surface area (Å²) in [7, 11) is -3.20. The standard InChI is InChI=1S/C24H41NO3S/c26-24(22-13-11-19-6-1-2-7-20(19)12-14-22)10-5-17-29(27,28)25-16-15-21-8-3-4-9-23(21)18-25/h19-23H,1-18H2. The van der Waals surface area contributed by atoms with Gasteiger partial charge >= 0.3 is 0 Å². The van der Waals surface area contributed by atoms with E-state index in [1.54, 1.807) is 4.31 Å². The summed E-state index contributed by atoms with van der Waals surface area (Å²) < 4.78 is 27.5. The zero-order chi connectivity index (χ0) is 20.3. The van der Waals surface area contributed by atoms with Crippen molar-refractivity contribution in [2.75, 3.05) is 18.8 Å². The number of hydrogen-bond donors (Lipinski definition) is 0. The zero-order valence-corrected chi connectivity index (χ0v) is 19.0. The Morgan fingerprint density at radius 3 is 1.90 bits per heavy atom. The molecule has 3 saturated carbocycles. The number of ketones is 1. The molecule has 0 radical (unpaired) electrons. The van der Waals surface area contributed by atoms with Gasteiger partial charge in [0, 0.05) is 25.4 Å². The normalized spacial score (nSPS) is 36.6. The molecule has 4 atom stereocenters. The molecule has 3 aliphatic carbocycles. The van der Waals surface area contributed by atoms with E-state index in [0.717, 1.165) is 43.6 Å². The first-order chi connectivity index (χ1) is 14.0. The molecule has 4 fully saturated rings. The Morgan fingerprint density at radius 1 is 0.724 bits per heavy atom. The van der Waals surface area contributed by atoms with Gasteiger partial charge in [0.15, 0.2) is 0 Å². The largest absolute Gasteiger partial charge is 0.299 e. The molecule has 4 nitrogen and oxygen atoms in total. The van der Waals surface area contributed by atoms with E-state index in [0.29, 0.717) is 31.1 Å². The highest BCUT2D eigenvalue weighted by Crippen LogP contribution is 2.41. The molecule has 0 bridgehead atoms. The molecule has 4 rings (SSSR count). The Kier molecular flexibility index (Phi) is 7.37. The molecule has 0 spiro atoms. The highest BCUT2D eigenvalue weighted by molar-refractivity contribution is 7.89. The van der Waals surface area contributed by atoms with E-state index in [1.807, 2.05) is 0 Å². The van der Waals surface area contributed by atoms with Crippen molar-refractivity contribution in [2.24, 2.45) is 29.6 Å². The van der Waals surface area contributed by atoms with E-state index in [1.165, 1.54) is 64.2 Å². The third kappa shape index (κ3) is 5.44. The first-order valence-corrected chi connectivity index (χ1v) is 14.1. The number of fused-ring (bicyclic) bond motifs is 2. The van der Waals surface area contributed by atoms with Crippen LogP contribution < -0.4 is 0 Å². The molecule has 0 N–H and O–H groups in total. The lowest BCUT2D eigenvalue weighted by Gasteiger charge is -2.40. The molecule has 1 aliphatic heterocycles. The lowest BCUT2D eigenvalue weighted by molar-refractivity contribution is -0.123. The van der Waals surface area contributed by atoms with Gasteiger partial charge in [-0.3, -0.25) is 4.79 Å². The monoisotopic (exact) mass is 423 g/mol. The molecule has 1 heterocycles. The molecule has 1 saturated heterocycles. The third-order valence-electron chi connectivity index (χ3n) is 8.77. The Bertz CT molecular complexity index is 645. The number of sulfonamides is 1. The van der Waals surface area contributed by atoms with Crippen LogP contribution in [0.5, 0.6) is 0 Å². The number of Topliss-reactive ketones (excluding diaryl/α,β-unsaturated/α-hetero) is 1. The van der Waals surface area contributed by atoms with E-state index in [2.05, 4.69) is 0 Å². The molecule has 5 heteroatoms. The molecular weight excluding hydrogens is 382 g/mol. The Balaban J connectivity index is 1.22. The van der Waals surface area contributed by atoms with E-state index in [-0.39, 0.29) is 11.7 Å². The average molecular weight is 424 g/mol. The van der Waals surface area contributed by atoms with Gasteiger partial charge < -0.3 is 0 Å². The summed E-state index contributed by atoms with van der Waals surface area (Å²) in [4.78, 5) is 12.8. The Labute approximate surface area is 178 Å². The van der Waals surface area contributed by atoms with Gasteiger partial charge in [0.1, 0.15) is 5.78 Å². The van der Waals surface area contributed by atoms with Crippen molar-refractivity contribution in [1.29, 1.82) is 0 Å². The predicted molar refractivity (Wildman–Crippen MR) is 117 cm³/mol. The number of piperidine rings is 1. The first-order valence-electron chi connectivity index (χ1n) is 12.5. The first kappa shape index (κ1) is 21.8. The van der Waals surface area contributed by atoms with Crippen LogP contribution in [-0.4, -0.2) is 37.3 Å². The second-order valence-corrected chi connectivity index (χ2v) is 12.6. The summed E-state index contributed by atoms with van der Waals surface area (Å²) in [6, 6.07) is 0. The van der Waals surface area contributed by atoms with Crippen LogP contribution in [0.4, 0.5) is 0 Å². The van der Waals surface area contributed by atoms with Crippen LogP contribution in [0, 0.1) is 29.6 Å². The number of carbonyl (C=O) groups is 1. The van der Waals surface area contributed by atoms with E-state index in [9.17, 15) is 13.2 Å². The lowest BCUT2D eigenvalue weighted by atomic mass is 9.76. The van der Waals surface area contributed by atoms with Crippen molar-refractivity contribution in [2.45, 2.75) is 96.3 Å². The van der Waals surface area contributed by atoms with Crippen LogP contribution >= 0.6 is 0 Å². The second-order valence-electron chi connectivity index (χ2n) is 10.5. The molecule has 4 aliphatic rings. The van der Waals surface area contributed by atoms with Gasteiger partial charge in [-0.25, -0.2) is 12.7 Å². The van der Waals surface area contributed by atoms with Gasteiger partial charge in [0.25, 0.3) is 0 Å². The van der Waals surface area contributed by atoms with E-state index >= 15 is 0 Å². The summed E-state index contributed by atoms with van der Waals surface area (Å²) in [6.45, 7) is 1.43. The fraction of sp³-hybridized carbons (Fsp3) is 0.958. The maximum atomic E-state index is 12.9. The van der Waals surface area contributed by atoms with Crippen molar-refractivity contribution in [3.05, 3.63) is 0 Å². The van der Waals surface area contributed by atoms with E-state index in [4.69, 9.17) is 0 Å².